The minimum Gasteiger partial charge on any atom is -0.372 e. The lowest BCUT2D eigenvalue weighted by Crippen LogP contribution is -2.26. The Morgan fingerprint density at radius 1 is 1.31 bits per heavy atom. The van der Waals surface area contributed by atoms with E-state index in [-0.39, 0.29) is 17.2 Å². The van der Waals surface area contributed by atoms with E-state index in [1.165, 1.54) is 6.07 Å². The lowest BCUT2D eigenvalue weighted by atomic mass is 10.1. The summed E-state index contributed by atoms with van der Waals surface area (Å²) in [6, 6.07) is 8.34. The van der Waals surface area contributed by atoms with Gasteiger partial charge in [0.2, 0.25) is 0 Å². The third-order valence-corrected chi connectivity index (χ3v) is 6.04. The summed E-state index contributed by atoms with van der Waals surface area (Å²) in [5, 5.41) is 17.5. The minimum absolute atomic E-state index is 0.0961. The molecule has 0 radical (unpaired) electrons. The number of nitro benzene ring substituents is 1. The molecule has 0 bridgehead atoms. The van der Waals surface area contributed by atoms with Crippen LogP contribution in [0.25, 0.3) is 11.4 Å². The number of carbonyl (C=O) groups is 1. The first-order valence-electron chi connectivity index (χ1n) is 11.6. The second-order valence-corrected chi connectivity index (χ2v) is 8.61. The van der Waals surface area contributed by atoms with Crippen molar-refractivity contribution in [3.05, 3.63) is 63.7 Å². The van der Waals surface area contributed by atoms with Crippen LogP contribution in [0.5, 0.6) is 0 Å². The number of aryl methyl sites for hydroxylation is 1. The number of nitrogens with two attached hydrogens (primary N) is 1. The van der Waals surface area contributed by atoms with Gasteiger partial charge in [-0.2, -0.15) is 0 Å². The Morgan fingerprint density at radius 2 is 2.11 bits per heavy atom. The van der Waals surface area contributed by atoms with Crippen molar-refractivity contribution in [2.45, 2.75) is 38.9 Å². The molecule has 1 aromatic carbocycles. The summed E-state index contributed by atoms with van der Waals surface area (Å²) in [4.78, 5) is 34.4. The zero-order valence-electron chi connectivity index (χ0n) is 20.1. The molecule has 4 N–H and O–H groups in total. The number of unbranched alkanes of at least 4 members (excludes halogenated alkanes) is 1. The maximum absolute atomic E-state index is 12.6. The summed E-state index contributed by atoms with van der Waals surface area (Å²) in [6.07, 6.45) is 3.67. The van der Waals surface area contributed by atoms with Crippen molar-refractivity contribution in [2.75, 3.05) is 30.9 Å². The van der Waals surface area contributed by atoms with Gasteiger partial charge in [0.1, 0.15) is 29.1 Å². The molecular weight excluding hydrogens is 448 g/mol. The Morgan fingerprint density at radius 3 is 2.83 bits per heavy atom. The summed E-state index contributed by atoms with van der Waals surface area (Å²) < 4.78 is 2.17. The molecule has 1 atom stereocenters. The second kappa shape index (κ2) is 10.1. The molecule has 4 rings (SSSR count). The van der Waals surface area contributed by atoms with Crippen LogP contribution in [0.15, 0.2) is 36.5 Å². The number of aromatic nitrogens is 3. The Hall–Kier alpha value is -3.99. The van der Waals surface area contributed by atoms with Crippen LogP contribution in [0.4, 0.5) is 17.1 Å². The largest absolute Gasteiger partial charge is 0.372 e. The molecule has 3 aromatic rings. The first kappa shape index (κ1) is 24.1. The molecule has 184 valence electrons. The number of pyridine rings is 1. The first-order valence-corrected chi connectivity index (χ1v) is 11.6. The Labute approximate surface area is 203 Å². The molecule has 11 heteroatoms. The number of nitro groups is 1. The highest BCUT2D eigenvalue weighted by molar-refractivity contribution is 5.95. The summed E-state index contributed by atoms with van der Waals surface area (Å²) in [5.74, 6) is 0.617. The van der Waals surface area contributed by atoms with Gasteiger partial charge in [-0.15, -0.1) is 0 Å². The highest BCUT2D eigenvalue weighted by atomic mass is 16.6. The van der Waals surface area contributed by atoms with Crippen LogP contribution in [0.3, 0.4) is 0 Å². The van der Waals surface area contributed by atoms with Crippen molar-refractivity contribution in [1.29, 1.82) is 0 Å². The highest BCUT2D eigenvalue weighted by Crippen LogP contribution is 2.37. The van der Waals surface area contributed by atoms with Crippen molar-refractivity contribution in [2.24, 2.45) is 5.73 Å². The van der Waals surface area contributed by atoms with Crippen molar-refractivity contribution in [1.82, 2.24) is 19.9 Å². The molecule has 0 aliphatic carbocycles. The van der Waals surface area contributed by atoms with Crippen LogP contribution in [-0.2, 0) is 13.0 Å². The lowest BCUT2D eigenvalue weighted by Gasteiger charge is -2.24. The van der Waals surface area contributed by atoms with Gasteiger partial charge in [0.25, 0.3) is 11.6 Å². The molecule has 1 aliphatic rings. The van der Waals surface area contributed by atoms with Crippen molar-refractivity contribution < 1.29 is 9.72 Å². The number of imidazole rings is 1. The van der Waals surface area contributed by atoms with Gasteiger partial charge >= 0.3 is 0 Å². The van der Waals surface area contributed by atoms with Gasteiger partial charge in [0, 0.05) is 51.4 Å². The average Bonchev–Trinajstić information content (AvgIpc) is 3.22. The number of fused-ring (bicyclic) bond motifs is 3. The van der Waals surface area contributed by atoms with Gasteiger partial charge in [-0.05, 0) is 37.1 Å². The fraction of sp³-hybridized carbons (Fsp3) is 0.375. The van der Waals surface area contributed by atoms with E-state index in [9.17, 15) is 14.9 Å². The molecule has 1 aliphatic heterocycles. The van der Waals surface area contributed by atoms with Crippen molar-refractivity contribution in [3.63, 3.8) is 0 Å². The van der Waals surface area contributed by atoms with Crippen LogP contribution < -0.4 is 21.3 Å². The number of rotatable bonds is 9. The molecule has 1 amide bonds. The Balaban J connectivity index is 1.40. The average molecular weight is 479 g/mol. The van der Waals surface area contributed by atoms with Crippen LogP contribution in [-0.4, -0.2) is 46.0 Å². The fourth-order valence-corrected chi connectivity index (χ4v) is 4.33. The van der Waals surface area contributed by atoms with Crippen molar-refractivity contribution in [3.8, 4) is 11.4 Å². The highest BCUT2D eigenvalue weighted by Gasteiger charge is 2.29. The van der Waals surface area contributed by atoms with Gasteiger partial charge in [-0.25, -0.2) is 4.98 Å². The van der Waals surface area contributed by atoms with Crippen LogP contribution in [0, 0.1) is 10.1 Å². The van der Waals surface area contributed by atoms with E-state index in [1.54, 1.807) is 37.3 Å². The predicted molar refractivity (Wildman–Crippen MR) is 134 cm³/mol. The maximum Gasteiger partial charge on any atom is 0.293 e. The SMILES string of the molecule is CCc1nc2c(n1CCCCNC(=O)c1ccc(N(C)C)c([N+](=O)[O-])c1)-c1ncccc1NC2N. The monoisotopic (exact) mass is 478 g/mol. The predicted octanol–water partition coefficient (Wildman–Crippen LogP) is 3.07. The topological polar surface area (TPSA) is 144 Å². The maximum atomic E-state index is 12.6. The molecule has 11 nitrogen and oxygen atoms in total. The molecule has 3 heterocycles. The number of nitrogens with one attached hydrogen (secondary N) is 2. The zero-order chi connectivity index (χ0) is 25.1. The van der Waals surface area contributed by atoms with Gasteiger partial charge in [0.15, 0.2) is 0 Å². The smallest absolute Gasteiger partial charge is 0.293 e. The van der Waals surface area contributed by atoms with Crippen LogP contribution >= 0.6 is 0 Å². The van der Waals surface area contributed by atoms with Gasteiger partial charge in [-0.3, -0.25) is 19.9 Å². The van der Waals surface area contributed by atoms with Crippen LogP contribution in [0.2, 0.25) is 0 Å². The molecule has 1 unspecified atom stereocenters. The molecule has 2 aromatic heterocycles. The van der Waals surface area contributed by atoms with Crippen LogP contribution in [0.1, 0.15) is 47.8 Å². The molecule has 0 saturated heterocycles. The third-order valence-electron chi connectivity index (χ3n) is 6.04. The molecule has 0 fully saturated rings. The number of anilines is 2. The molecule has 0 spiro atoms. The van der Waals surface area contributed by atoms with Crippen molar-refractivity contribution >= 4 is 23.0 Å². The number of carbonyl (C=O) groups excluding carboxylic acids is 1. The quantitative estimate of drug-likeness (QED) is 0.242. The summed E-state index contributed by atoms with van der Waals surface area (Å²) >= 11 is 0. The van der Waals surface area contributed by atoms with Gasteiger partial charge < -0.3 is 25.8 Å². The Kier molecular flexibility index (Phi) is 6.97. The number of hydrogen-bond acceptors (Lipinski definition) is 8. The molecule has 35 heavy (non-hydrogen) atoms. The van der Waals surface area contributed by atoms with E-state index in [2.05, 4.69) is 27.1 Å². The van der Waals surface area contributed by atoms with E-state index in [0.29, 0.717) is 18.8 Å². The third kappa shape index (κ3) is 4.80. The number of nitrogens with zero attached hydrogens (tertiary/aromatic N) is 5. The van der Waals surface area contributed by atoms with E-state index in [0.717, 1.165) is 47.9 Å². The summed E-state index contributed by atoms with van der Waals surface area (Å²) in [6.45, 7) is 3.23. The standard InChI is InChI=1S/C24H30N8O3/c1-4-19-29-21-22(20-16(28-23(21)25)8-7-12-26-20)31(19)13-6-5-11-27-24(33)15-9-10-17(30(2)3)18(14-15)32(34)35/h7-10,12,14,23,28H,4-6,11,13,25H2,1-3H3,(H,27,33). The number of benzene rings is 1. The first-order chi connectivity index (χ1) is 16.8. The zero-order valence-corrected chi connectivity index (χ0v) is 20.1. The minimum atomic E-state index is -0.475. The summed E-state index contributed by atoms with van der Waals surface area (Å²) in [5.41, 5.74) is 10.4. The van der Waals surface area contributed by atoms with E-state index in [4.69, 9.17) is 10.7 Å². The Bertz CT molecular complexity index is 1250. The van der Waals surface area contributed by atoms with E-state index < -0.39 is 11.1 Å². The number of hydrogen-bond donors (Lipinski definition) is 3. The van der Waals surface area contributed by atoms with E-state index >= 15 is 0 Å². The normalized spacial score (nSPS) is 14.0. The fourth-order valence-electron chi connectivity index (χ4n) is 4.33. The van der Waals surface area contributed by atoms with Gasteiger partial charge in [-0.1, -0.05) is 6.92 Å². The molecule has 0 saturated carbocycles. The van der Waals surface area contributed by atoms with Gasteiger partial charge in [0.05, 0.1) is 16.3 Å². The van der Waals surface area contributed by atoms with E-state index in [1.807, 2.05) is 12.1 Å². The number of amides is 1. The molecular formula is C24H30N8O3. The lowest BCUT2D eigenvalue weighted by molar-refractivity contribution is -0.384. The summed E-state index contributed by atoms with van der Waals surface area (Å²) in [7, 11) is 3.45. The second-order valence-electron chi connectivity index (χ2n) is 8.61.